The summed E-state index contributed by atoms with van der Waals surface area (Å²) in [5.74, 6) is -0.448. The highest BCUT2D eigenvalue weighted by Crippen LogP contribution is 2.19. The second kappa shape index (κ2) is 6.17. The molecule has 0 amide bonds. The Hall–Kier alpha value is -1.39. The van der Waals surface area contributed by atoms with Crippen molar-refractivity contribution in [1.82, 2.24) is 0 Å². The van der Waals surface area contributed by atoms with E-state index in [0.717, 1.165) is 5.56 Å². The van der Waals surface area contributed by atoms with E-state index in [1.54, 1.807) is 6.92 Å². The Morgan fingerprint density at radius 1 is 1.11 bits per heavy atom. The number of hydrogen-bond acceptors (Lipinski definition) is 4. The summed E-state index contributed by atoms with van der Waals surface area (Å²) in [5.41, 5.74) is 5.39. The lowest BCUT2D eigenvalue weighted by atomic mass is 9.93. The lowest BCUT2D eigenvalue weighted by molar-refractivity contribution is -0.153. The van der Waals surface area contributed by atoms with Gasteiger partial charge >= 0.3 is 5.97 Å². The van der Waals surface area contributed by atoms with Crippen LogP contribution >= 0.6 is 0 Å². The third-order valence-corrected chi connectivity index (χ3v) is 2.65. The fourth-order valence-corrected chi connectivity index (χ4v) is 1.53. The zero-order valence-electron chi connectivity index (χ0n) is 12.1. The molecule has 19 heavy (non-hydrogen) atoms. The average Bonchev–Trinajstić information content (AvgIpc) is 2.34. The lowest BCUT2D eigenvalue weighted by Crippen LogP contribution is -2.43. The molecule has 0 fully saturated rings. The fourth-order valence-electron chi connectivity index (χ4n) is 1.53. The number of carbonyl (C=O) groups is 1. The summed E-state index contributed by atoms with van der Waals surface area (Å²) in [6.07, 6.45) is 0. The second-order valence-corrected chi connectivity index (χ2v) is 5.67. The summed E-state index contributed by atoms with van der Waals surface area (Å²) in [4.78, 5) is 12.0. The van der Waals surface area contributed by atoms with Crippen LogP contribution in [0.2, 0.25) is 0 Å². The van der Waals surface area contributed by atoms with E-state index in [-0.39, 0.29) is 12.2 Å². The predicted octanol–water partition coefficient (Wildman–Crippen LogP) is 2.22. The normalized spacial score (nSPS) is 14.8. The Labute approximate surface area is 114 Å². The number of ether oxygens (including phenoxy) is 2. The van der Waals surface area contributed by atoms with Gasteiger partial charge < -0.3 is 15.2 Å². The highest BCUT2D eigenvalue weighted by atomic mass is 16.6. The summed E-state index contributed by atoms with van der Waals surface area (Å²) in [6.45, 7) is 8.06. The lowest BCUT2D eigenvalue weighted by Gasteiger charge is -2.24. The molecule has 0 aliphatic heterocycles. The van der Waals surface area contributed by atoms with Gasteiger partial charge in [-0.2, -0.15) is 0 Å². The van der Waals surface area contributed by atoms with Crippen LogP contribution in [0, 0.1) is 0 Å². The van der Waals surface area contributed by atoms with Crippen molar-refractivity contribution in [2.75, 3.05) is 13.2 Å². The zero-order valence-corrected chi connectivity index (χ0v) is 12.1. The van der Waals surface area contributed by atoms with Gasteiger partial charge in [0, 0.05) is 0 Å². The summed E-state index contributed by atoms with van der Waals surface area (Å²) in [5, 5.41) is 0. The molecule has 1 aromatic carbocycles. The number of benzene rings is 1. The van der Waals surface area contributed by atoms with Crippen molar-refractivity contribution in [3.63, 3.8) is 0 Å². The van der Waals surface area contributed by atoms with Gasteiger partial charge in [0.2, 0.25) is 0 Å². The first-order chi connectivity index (χ1) is 8.73. The first kappa shape index (κ1) is 15.7. The molecule has 4 heteroatoms. The van der Waals surface area contributed by atoms with Crippen LogP contribution in [0.25, 0.3) is 0 Å². The highest BCUT2D eigenvalue weighted by molar-refractivity contribution is 5.81. The third kappa shape index (κ3) is 5.01. The molecular weight excluding hydrogens is 242 g/mol. The van der Waals surface area contributed by atoms with E-state index in [2.05, 4.69) is 0 Å². The minimum Gasteiger partial charge on any atom is -0.462 e. The van der Waals surface area contributed by atoms with Crippen molar-refractivity contribution in [3.8, 4) is 0 Å². The molecule has 0 saturated carbocycles. The van der Waals surface area contributed by atoms with Crippen molar-refractivity contribution in [2.45, 2.75) is 38.8 Å². The molecule has 0 aliphatic rings. The van der Waals surface area contributed by atoms with Gasteiger partial charge in [-0.1, -0.05) is 30.3 Å². The standard InChI is InChI=1S/C15H23NO3/c1-14(2,3)19-11-10-18-13(17)15(4,16)12-8-6-5-7-9-12/h5-9H,10-11,16H2,1-4H3. The van der Waals surface area contributed by atoms with Crippen LogP contribution < -0.4 is 5.73 Å². The Morgan fingerprint density at radius 2 is 1.68 bits per heavy atom. The fraction of sp³-hybridized carbons (Fsp3) is 0.533. The summed E-state index contributed by atoms with van der Waals surface area (Å²) in [6, 6.07) is 9.19. The van der Waals surface area contributed by atoms with E-state index in [1.807, 2.05) is 51.1 Å². The Kier molecular flexibility index (Phi) is 5.09. The summed E-state index contributed by atoms with van der Waals surface area (Å²) >= 11 is 0. The van der Waals surface area contributed by atoms with Crippen LogP contribution in [0.15, 0.2) is 30.3 Å². The van der Waals surface area contributed by atoms with Gasteiger partial charge in [-0.3, -0.25) is 0 Å². The van der Waals surface area contributed by atoms with Crippen LogP contribution in [-0.4, -0.2) is 24.8 Å². The third-order valence-electron chi connectivity index (χ3n) is 2.65. The molecule has 4 nitrogen and oxygen atoms in total. The SMILES string of the molecule is CC(C)(C)OCCOC(=O)C(C)(N)c1ccccc1. The summed E-state index contributed by atoms with van der Waals surface area (Å²) < 4.78 is 10.6. The van der Waals surface area contributed by atoms with Crippen LogP contribution in [0.1, 0.15) is 33.3 Å². The maximum atomic E-state index is 12.0. The van der Waals surface area contributed by atoms with Gasteiger partial charge in [0.05, 0.1) is 12.2 Å². The van der Waals surface area contributed by atoms with Gasteiger partial charge in [0.1, 0.15) is 12.1 Å². The van der Waals surface area contributed by atoms with E-state index in [9.17, 15) is 4.79 Å². The molecule has 1 rings (SSSR count). The maximum Gasteiger partial charge on any atom is 0.330 e. The van der Waals surface area contributed by atoms with Crippen molar-refractivity contribution in [1.29, 1.82) is 0 Å². The van der Waals surface area contributed by atoms with Gasteiger partial charge in [-0.05, 0) is 33.3 Å². The first-order valence-corrected chi connectivity index (χ1v) is 6.39. The molecule has 0 bridgehead atoms. The van der Waals surface area contributed by atoms with Gasteiger partial charge in [0.15, 0.2) is 0 Å². The predicted molar refractivity (Wildman–Crippen MR) is 74.6 cm³/mol. The minimum absolute atomic E-state index is 0.204. The number of esters is 1. The average molecular weight is 265 g/mol. The van der Waals surface area contributed by atoms with Crippen molar-refractivity contribution in [3.05, 3.63) is 35.9 Å². The van der Waals surface area contributed by atoms with Gasteiger partial charge in [-0.15, -0.1) is 0 Å². The van der Waals surface area contributed by atoms with E-state index < -0.39 is 11.5 Å². The smallest absolute Gasteiger partial charge is 0.330 e. The van der Waals surface area contributed by atoms with Crippen molar-refractivity contribution >= 4 is 5.97 Å². The van der Waals surface area contributed by atoms with E-state index in [0.29, 0.717) is 6.61 Å². The van der Waals surface area contributed by atoms with Crippen molar-refractivity contribution < 1.29 is 14.3 Å². The molecule has 0 radical (unpaired) electrons. The van der Waals surface area contributed by atoms with E-state index >= 15 is 0 Å². The van der Waals surface area contributed by atoms with Crippen LogP contribution in [0.3, 0.4) is 0 Å². The van der Waals surface area contributed by atoms with E-state index in [1.165, 1.54) is 0 Å². The second-order valence-electron chi connectivity index (χ2n) is 5.67. The molecule has 106 valence electrons. The van der Waals surface area contributed by atoms with E-state index in [4.69, 9.17) is 15.2 Å². The molecule has 0 spiro atoms. The number of rotatable bonds is 5. The molecule has 0 aliphatic carbocycles. The largest absolute Gasteiger partial charge is 0.462 e. The molecule has 0 aromatic heterocycles. The zero-order chi connectivity index (χ0) is 14.5. The van der Waals surface area contributed by atoms with Crippen LogP contribution in [0.4, 0.5) is 0 Å². The number of carbonyl (C=O) groups excluding carboxylic acids is 1. The van der Waals surface area contributed by atoms with Crippen LogP contribution in [-0.2, 0) is 19.8 Å². The minimum atomic E-state index is -1.14. The Morgan fingerprint density at radius 3 is 2.21 bits per heavy atom. The molecular formula is C15H23NO3. The molecule has 1 unspecified atom stereocenters. The molecule has 1 atom stereocenters. The topological polar surface area (TPSA) is 61.5 Å². The monoisotopic (exact) mass is 265 g/mol. The number of nitrogens with two attached hydrogens (primary N) is 1. The van der Waals surface area contributed by atoms with Crippen LogP contribution in [0.5, 0.6) is 0 Å². The highest BCUT2D eigenvalue weighted by Gasteiger charge is 2.32. The number of hydrogen-bond donors (Lipinski definition) is 1. The molecule has 0 saturated heterocycles. The van der Waals surface area contributed by atoms with Crippen molar-refractivity contribution in [2.24, 2.45) is 5.73 Å². The Balaban J connectivity index is 2.49. The van der Waals surface area contributed by atoms with Gasteiger partial charge in [-0.25, -0.2) is 4.79 Å². The first-order valence-electron chi connectivity index (χ1n) is 6.39. The quantitative estimate of drug-likeness (QED) is 0.655. The Bertz CT molecular complexity index is 407. The van der Waals surface area contributed by atoms with Gasteiger partial charge in [0.25, 0.3) is 0 Å². The summed E-state index contributed by atoms with van der Waals surface area (Å²) in [7, 11) is 0. The molecule has 1 aromatic rings. The maximum absolute atomic E-state index is 12.0. The molecule has 2 N–H and O–H groups in total. The molecule has 0 heterocycles.